The van der Waals surface area contributed by atoms with Crippen LogP contribution in [0, 0.1) is 0 Å². The van der Waals surface area contributed by atoms with Crippen molar-refractivity contribution in [1.29, 1.82) is 0 Å². The van der Waals surface area contributed by atoms with Gasteiger partial charge in [0, 0.05) is 28.2 Å². The lowest BCUT2D eigenvalue weighted by Crippen LogP contribution is -2.00. The van der Waals surface area contributed by atoms with Gasteiger partial charge in [-0.1, -0.05) is 78.9 Å². The van der Waals surface area contributed by atoms with Gasteiger partial charge in [-0.05, 0) is 24.6 Å². The van der Waals surface area contributed by atoms with E-state index in [4.69, 9.17) is 9.72 Å². The maximum absolute atomic E-state index is 12.0. The maximum Gasteiger partial charge on any atom is 0.330 e. The van der Waals surface area contributed by atoms with E-state index in [0.717, 1.165) is 38.9 Å². The van der Waals surface area contributed by atoms with Crippen LogP contribution in [0.2, 0.25) is 0 Å². The first-order valence-electron chi connectivity index (χ1n) is 9.66. The Balaban J connectivity index is 2.05. The standard InChI is InChI=1S/C26H21NO2/c1-2-29-24(28)18-17-22-25(19-11-5-3-6-12-19)21-15-9-10-16-23(21)27-26(22)20-13-7-4-8-14-20/h3-18H,2H2,1H3/b18-17+. The molecule has 0 bridgehead atoms. The Kier molecular flexibility index (Phi) is 5.48. The molecular formula is C26H21NO2. The van der Waals surface area contributed by atoms with Crippen LogP contribution in [-0.2, 0) is 9.53 Å². The van der Waals surface area contributed by atoms with E-state index < -0.39 is 0 Å². The molecule has 0 saturated carbocycles. The Morgan fingerprint density at radius 1 is 0.862 bits per heavy atom. The van der Waals surface area contributed by atoms with Crippen LogP contribution in [0.15, 0.2) is 91.0 Å². The van der Waals surface area contributed by atoms with Crippen molar-refractivity contribution in [3.8, 4) is 22.4 Å². The van der Waals surface area contributed by atoms with E-state index in [1.807, 2.05) is 72.8 Å². The summed E-state index contributed by atoms with van der Waals surface area (Å²) in [5, 5.41) is 1.04. The largest absolute Gasteiger partial charge is 0.463 e. The van der Waals surface area contributed by atoms with E-state index in [-0.39, 0.29) is 5.97 Å². The highest BCUT2D eigenvalue weighted by Gasteiger charge is 2.16. The monoisotopic (exact) mass is 379 g/mol. The van der Waals surface area contributed by atoms with Crippen molar-refractivity contribution in [2.45, 2.75) is 6.92 Å². The van der Waals surface area contributed by atoms with E-state index >= 15 is 0 Å². The second-order valence-electron chi connectivity index (χ2n) is 6.58. The number of pyridine rings is 1. The molecule has 0 radical (unpaired) electrons. The molecule has 4 rings (SSSR count). The van der Waals surface area contributed by atoms with Crippen LogP contribution in [0.25, 0.3) is 39.4 Å². The predicted octanol–water partition coefficient (Wildman–Crippen LogP) is 6.15. The summed E-state index contributed by atoms with van der Waals surface area (Å²) in [5.74, 6) is -0.362. The predicted molar refractivity (Wildman–Crippen MR) is 118 cm³/mol. The molecule has 3 nitrogen and oxygen atoms in total. The SMILES string of the molecule is CCOC(=O)/C=C/c1c(-c2ccccc2)nc2ccccc2c1-c1ccccc1. The highest BCUT2D eigenvalue weighted by molar-refractivity contribution is 6.03. The molecule has 1 heterocycles. The molecule has 0 spiro atoms. The third kappa shape index (κ3) is 3.94. The van der Waals surface area contributed by atoms with E-state index in [1.54, 1.807) is 6.92 Å². The van der Waals surface area contributed by atoms with Crippen molar-refractivity contribution >= 4 is 22.9 Å². The van der Waals surface area contributed by atoms with Crippen LogP contribution < -0.4 is 0 Å². The minimum absolute atomic E-state index is 0.343. The number of rotatable bonds is 5. The lowest BCUT2D eigenvalue weighted by atomic mass is 9.91. The smallest absolute Gasteiger partial charge is 0.330 e. The number of fused-ring (bicyclic) bond motifs is 1. The number of esters is 1. The number of nitrogens with zero attached hydrogens (tertiary/aromatic N) is 1. The molecule has 0 aliphatic rings. The summed E-state index contributed by atoms with van der Waals surface area (Å²) >= 11 is 0. The van der Waals surface area contributed by atoms with E-state index in [1.165, 1.54) is 6.08 Å². The van der Waals surface area contributed by atoms with E-state index in [2.05, 4.69) is 18.2 Å². The molecule has 0 N–H and O–H groups in total. The van der Waals surface area contributed by atoms with Crippen molar-refractivity contribution in [2.24, 2.45) is 0 Å². The number of para-hydroxylation sites is 1. The number of hydrogen-bond acceptors (Lipinski definition) is 3. The van der Waals surface area contributed by atoms with Crippen molar-refractivity contribution in [3.63, 3.8) is 0 Å². The van der Waals surface area contributed by atoms with Crippen molar-refractivity contribution < 1.29 is 9.53 Å². The van der Waals surface area contributed by atoms with Crippen molar-refractivity contribution in [3.05, 3.63) is 96.6 Å². The molecule has 0 saturated heterocycles. The molecule has 29 heavy (non-hydrogen) atoms. The van der Waals surface area contributed by atoms with Gasteiger partial charge in [0.1, 0.15) is 0 Å². The highest BCUT2D eigenvalue weighted by Crippen LogP contribution is 2.37. The van der Waals surface area contributed by atoms with Crippen molar-refractivity contribution in [1.82, 2.24) is 4.98 Å². The summed E-state index contributed by atoms with van der Waals surface area (Å²) in [6, 6.07) is 28.3. The van der Waals surface area contributed by atoms with Gasteiger partial charge >= 0.3 is 5.97 Å². The van der Waals surface area contributed by atoms with Gasteiger partial charge in [0.25, 0.3) is 0 Å². The molecule has 0 aliphatic heterocycles. The Hall–Kier alpha value is -3.72. The fraction of sp³-hybridized carbons (Fsp3) is 0.0769. The Labute approximate surface area is 170 Å². The van der Waals surface area contributed by atoms with Gasteiger partial charge in [-0.2, -0.15) is 0 Å². The number of aromatic nitrogens is 1. The number of benzene rings is 3. The number of carbonyl (C=O) groups excluding carboxylic acids is 1. The van der Waals surface area contributed by atoms with Gasteiger partial charge < -0.3 is 4.74 Å². The Morgan fingerprint density at radius 2 is 1.48 bits per heavy atom. The van der Waals surface area contributed by atoms with Crippen LogP contribution in [0.3, 0.4) is 0 Å². The fourth-order valence-electron chi connectivity index (χ4n) is 3.46. The molecule has 4 aromatic rings. The summed E-state index contributed by atoms with van der Waals surface area (Å²) in [7, 11) is 0. The third-order valence-corrected chi connectivity index (χ3v) is 4.71. The summed E-state index contributed by atoms with van der Waals surface area (Å²) in [4.78, 5) is 17.0. The van der Waals surface area contributed by atoms with Crippen molar-refractivity contribution in [2.75, 3.05) is 6.61 Å². The summed E-state index contributed by atoms with van der Waals surface area (Å²) < 4.78 is 5.10. The maximum atomic E-state index is 12.0. The number of carbonyl (C=O) groups is 1. The lowest BCUT2D eigenvalue weighted by molar-refractivity contribution is -0.137. The third-order valence-electron chi connectivity index (χ3n) is 4.71. The van der Waals surface area contributed by atoms with Crippen LogP contribution in [-0.4, -0.2) is 17.6 Å². The Morgan fingerprint density at radius 3 is 2.17 bits per heavy atom. The summed E-state index contributed by atoms with van der Waals surface area (Å²) in [5.41, 5.74) is 5.78. The Bertz CT molecular complexity index is 1170. The van der Waals surface area contributed by atoms with Crippen LogP contribution in [0.5, 0.6) is 0 Å². The molecule has 1 aromatic heterocycles. The van der Waals surface area contributed by atoms with Gasteiger partial charge in [-0.3, -0.25) is 0 Å². The second kappa shape index (κ2) is 8.53. The van der Waals surface area contributed by atoms with Crippen LogP contribution in [0.1, 0.15) is 12.5 Å². The van der Waals surface area contributed by atoms with Crippen LogP contribution in [0.4, 0.5) is 0 Å². The highest BCUT2D eigenvalue weighted by atomic mass is 16.5. The van der Waals surface area contributed by atoms with E-state index in [9.17, 15) is 4.79 Å². The van der Waals surface area contributed by atoms with E-state index in [0.29, 0.717) is 6.61 Å². The average Bonchev–Trinajstić information content (AvgIpc) is 2.78. The fourth-order valence-corrected chi connectivity index (χ4v) is 3.46. The molecule has 3 heteroatoms. The quantitative estimate of drug-likeness (QED) is 0.309. The average molecular weight is 379 g/mol. The first kappa shape index (κ1) is 18.6. The molecule has 0 amide bonds. The summed E-state index contributed by atoms with van der Waals surface area (Å²) in [6.45, 7) is 2.14. The lowest BCUT2D eigenvalue weighted by Gasteiger charge is -2.16. The van der Waals surface area contributed by atoms with Gasteiger partial charge in [0.15, 0.2) is 0 Å². The second-order valence-corrected chi connectivity index (χ2v) is 6.58. The van der Waals surface area contributed by atoms with Gasteiger partial charge in [-0.15, -0.1) is 0 Å². The van der Waals surface area contributed by atoms with Crippen LogP contribution >= 0.6 is 0 Å². The number of hydrogen-bond donors (Lipinski definition) is 0. The first-order chi connectivity index (χ1) is 14.3. The zero-order valence-corrected chi connectivity index (χ0v) is 16.2. The minimum atomic E-state index is -0.362. The topological polar surface area (TPSA) is 39.2 Å². The molecule has 0 fully saturated rings. The molecular weight excluding hydrogens is 358 g/mol. The molecule has 0 unspecified atom stereocenters. The molecule has 3 aromatic carbocycles. The number of ether oxygens (including phenoxy) is 1. The molecule has 142 valence electrons. The first-order valence-corrected chi connectivity index (χ1v) is 9.66. The normalized spacial score (nSPS) is 11.1. The summed E-state index contributed by atoms with van der Waals surface area (Å²) in [6.07, 6.45) is 3.30. The molecule has 0 atom stereocenters. The molecule has 0 aliphatic carbocycles. The zero-order valence-electron chi connectivity index (χ0n) is 16.2. The minimum Gasteiger partial charge on any atom is -0.463 e. The van der Waals surface area contributed by atoms with Gasteiger partial charge in [0.05, 0.1) is 17.8 Å². The van der Waals surface area contributed by atoms with Gasteiger partial charge in [0.2, 0.25) is 0 Å². The van der Waals surface area contributed by atoms with Gasteiger partial charge in [-0.25, -0.2) is 9.78 Å². The zero-order chi connectivity index (χ0) is 20.1.